The van der Waals surface area contributed by atoms with Gasteiger partial charge in [0, 0.05) is 16.8 Å². The fourth-order valence-electron chi connectivity index (χ4n) is 1.74. The van der Waals surface area contributed by atoms with Crippen molar-refractivity contribution in [2.24, 2.45) is 0 Å². The minimum atomic E-state index is -3.35. The van der Waals surface area contributed by atoms with Crippen LogP contribution in [-0.2, 0) is 10.0 Å². The van der Waals surface area contributed by atoms with Crippen LogP contribution in [0.5, 0.6) is 0 Å². The van der Waals surface area contributed by atoms with Crippen LogP contribution < -0.4 is 4.72 Å². The van der Waals surface area contributed by atoms with Gasteiger partial charge in [-0.1, -0.05) is 29.3 Å². The standard InChI is InChI=1S/C14H11Cl2NO3S/c1-21(19,20)17-10-7-5-9(6-8-10)14(18)11-3-2-4-12(15)13(11)16/h2-8,17H,1H3. The molecule has 1 N–H and O–H groups in total. The Morgan fingerprint density at radius 2 is 1.67 bits per heavy atom. The molecule has 0 amide bonds. The molecule has 0 fully saturated rings. The van der Waals surface area contributed by atoms with Crippen LogP contribution in [0.1, 0.15) is 15.9 Å². The van der Waals surface area contributed by atoms with Crippen molar-refractivity contribution in [2.75, 3.05) is 11.0 Å². The van der Waals surface area contributed by atoms with E-state index < -0.39 is 10.0 Å². The molecule has 0 heterocycles. The minimum absolute atomic E-state index is 0.197. The predicted octanol–water partition coefficient (Wildman–Crippen LogP) is 3.60. The summed E-state index contributed by atoms with van der Waals surface area (Å²) in [7, 11) is -3.35. The molecule has 7 heteroatoms. The van der Waals surface area contributed by atoms with Crippen molar-refractivity contribution in [2.45, 2.75) is 0 Å². The molecule has 0 saturated carbocycles. The maximum absolute atomic E-state index is 12.3. The number of nitrogens with one attached hydrogen (secondary N) is 1. The lowest BCUT2D eigenvalue weighted by Crippen LogP contribution is -2.09. The fraction of sp³-hybridized carbons (Fsp3) is 0.0714. The van der Waals surface area contributed by atoms with Gasteiger partial charge in [0.2, 0.25) is 10.0 Å². The van der Waals surface area contributed by atoms with Gasteiger partial charge in [0.05, 0.1) is 16.3 Å². The molecule has 0 atom stereocenters. The molecule has 0 saturated heterocycles. The highest BCUT2D eigenvalue weighted by molar-refractivity contribution is 7.92. The van der Waals surface area contributed by atoms with Gasteiger partial charge in [0.1, 0.15) is 0 Å². The van der Waals surface area contributed by atoms with Crippen LogP contribution in [0.4, 0.5) is 5.69 Å². The Morgan fingerprint density at radius 3 is 2.24 bits per heavy atom. The average Bonchev–Trinajstić information content (AvgIpc) is 2.40. The first-order valence-corrected chi connectivity index (χ1v) is 8.49. The SMILES string of the molecule is CS(=O)(=O)Nc1ccc(C(=O)c2cccc(Cl)c2Cl)cc1. The van der Waals surface area contributed by atoms with Crippen LogP contribution in [0.15, 0.2) is 42.5 Å². The van der Waals surface area contributed by atoms with E-state index in [-0.39, 0.29) is 10.8 Å². The van der Waals surface area contributed by atoms with E-state index in [4.69, 9.17) is 23.2 Å². The summed E-state index contributed by atoms with van der Waals surface area (Å²) in [6.45, 7) is 0. The molecular formula is C14H11Cl2NO3S. The van der Waals surface area contributed by atoms with E-state index in [1.165, 1.54) is 24.3 Å². The zero-order valence-electron chi connectivity index (χ0n) is 10.9. The van der Waals surface area contributed by atoms with Crippen LogP contribution in [0.25, 0.3) is 0 Å². The van der Waals surface area contributed by atoms with Gasteiger partial charge in [-0.3, -0.25) is 9.52 Å². The molecule has 0 aliphatic heterocycles. The third kappa shape index (κ3) is 3.97. The number of sulfonamides is 1. The second-order valence-electron chi connectivity index (χ2n) is 4.38. The monoisotopic (exact) mass is 343 g/mol. The first-order valence-electron chi connectivity index (χ1n) is 5.84. The highest BCUT2D eigenvalue weighted by atomic mass is 35.5. The Balaban J connectivity index is 2.30. The van der Waals surface area contributed by atoms with Crippen molar-refractivity contribution in [3.8, 4) is 0 Å². The summed E-state index contributed by atoms with van der Waals surface area (Å²) < 4.78 is 24.5. The van der Waals surface area contributed by atoms with Gasteiger partial charge in [-0.25, -0.2) is 8.42 Å². The molecule has 0 aliphatic carbocycles. The first kappa shape index (κ1) is 15.8. The topological polar surface area (TPSA) is 63.2 Å². The molecule has 110 valence electrons. The molecule has 0 radical (unpaired) electrons. The van der Waals surface area contributed by atoms with E-state index >= 15 is 0 Å². The van der Waals surface area contributed by atoms with Crippen LogP contribution in [0, 0.1) is 0 Å². The van der Waals surface area contributed by atoms with Crippen LogP contribution >= 0.6 is 23.2 Å². The van der Waals surface area contributed by atoms with Crippen molar-refractivity contribution < 1.29 is 13.2 Å². The fourth-order valence-corrected chi connectivity index (χ4v) is 2.69. The average molecular weight is 344 g/mol. The van der Waals surface area contributed by atoms with Gasteiger partial charge in [0.25, 0.3) is 0 Å². The summed E-state index contributed by atoms with van der Waals surface area (Å²) >= 11 is 11.9. The van der Waals surface area contributed by atoms with Gasteiger partial charge in [-0.2, -0.15) is 0 Å². The number of halogens is 2. The first-order chi connectivity index (χ1) is 9.78. The second-order valence-corrected chi connectivity index (χ2v) is 6.92. The summed E-state index contributed by atoms with van der Waals surface area (Å²) in [4.78, 5) is 12.3. The molecule has 2 aromatic carbocycles. The highest BCUT2D eigenvalue weighted by Gasteiger charge is 2.14. The molecule has 21 heavy (non-hydrogen) atoms. The third-order valence-corrected chi connectivity index (χ3v) is 4.07. The lowest BCUT2D eigenvalue weighted by atomic mass is 10.0. The number of rotatable bonds is 4. The maximum atomic E-state index is 12.3. The third-order valence-electron chi connectivity index (χ3n) is 2.65. The number of benzene rings is 2. The van der Waals surface area contributed by atoms with E-state index in [2.05, 4.69) is 4.72 Å². The number of ketones is 1. The van der Waals surface area contributed by atoms with E-state index in [0.717, 1.165) is 6.26 Å². The van der Waals surface area contributed by atoms with Crippen molar-refractivity contribution in [1.29, 1.82) is 0 Å². The van der Waals surface area contributed by atoms with Crippen LogP contribution in [-0.4, -0.2) is 20.5 Å². The quantitative estimate of drug-likeness (QED) is 0.862. The summed E-state index contributed by atoms with van der Waals surface area (Å²) in [6, 6.07) is 10.9. The summed E-state index contributed by atoms with van der Waals surface area (Å²) in [6.07, 6.45) is 1.05. The zero-order chi connectivity index (χ0) is 15.6. The van der Waals surface area contributed by atoms with Gasteiger partial charge >= 0.3 is 0 Å². The molecule has 0 aromatic heterocycles. The maximum Gasteiger partial charge on any atom is 0.229 e. The second kappa shape index (κ2) is 6.05. The number of carbonyl (C=O) groups excluding carboxylic acids is 1. The molecular weight excluding hydrogens is 333 g/mol. The predicted molar refractivity (Wildman–Crippen MR) is 84.8 cm³/mol. The van der Waals surface area contributed by atoms with Gasteiger partial charge in [-0.15, -0.1) is 0 Å². The summed E-state index contributed by atoms with van der Waals surface area (Å²) in [5.74, 6) is -0.284. The van der Waals surface area contributed by atoms with E-state index in [1.807, 2.05) is 0 Å². The number of anilines is 1. The van der Waals surface area contributed by atoms with E-state index in [9.17, 15) is 13.2 Å². The Labute approximate surface area is 132 Å². The van der Waals surface area contributed by atoms with Crippen LogP contribution in [0.3, 0.4) is 0 Å². The van der Waals surface area contributed by atoms with Crippen molar-refractivity contribution in [3.05, 3.63) is 63.6 Å². The molecule has 0 aliphatic rings. The minimum Gasteiger partial charge on any atom is -0.289 e. The highest BCUT2D eigenvalue weighted by Crippen LogP contribution is 2.27. The Kier molecular flexibility index (Phi) is 4.56. The Morgan fingerprint density at radius 1 is 1.05 bits per heavy atom. The Bertz CT molecular complexity index is 786. The van der Waals surface area contributed by atoms with E-state index in [1.54, 1.807) is 18.2 Å². The molecule has 2 aromatic rings. The molecule has 0 bridgehead atoms. The van der Waals surface area contributed by atoms with Crippen molar-refractivity contribution in [1.82, 2.24) is 0 Å². The molecule has 2 rings (SSSR count). The smallest absolute Gasteiger partial charge is 0.229 e. The van der Waals surface area contributed by atoms with Crippen molar-refractivity contribution >= 4 is 44.7 Å². The molecule has 4 nitrogen and oxygen atoms in total. The summed E-state index contributed by atoms with van der Waals surface area (Å²) in [5.41, 5.74) is 1.07. The number of carbonyl (C=O) groups is 1. The van der Waals surface area contributed by atoms with Crippen molar-refractivity contribution in [3.63, 3.8) is 0 Å². The lowest BCUT2D eigenvalue weighted by molar-refractivity contribution is 0.103. The largest absolute Gasteiger partial charge is 0.289 e. The number of hydrogen-bond donors (Lipinski definition) is 1. The normalized spacial score (nSPS) is 11.2. The summed E-state index contributed by atoms with van der Waals surface area (Å²) in [5, 5.41) is 0.500. The lowest BCUT2D eigenvalue weighted by Gasteiger charge is -2.07. The zero-order valence-corrected chi connectivity index (χ0v) is 13.3. The molecule has 0 spiro atoms. The molecule has 0 unspecified atom stereocenters. The van der Waals surface area contributed by atoms with Gasteiger partial charge in [-0.05, 0) is 36.4 Å². The Hall–Kier alpha value is -1.56. The van der Waals surface area contributed by atoms with E-state index in [0.29, 0.717) is 21.8 Å². The van der Waals surface area contributed by atoms with Gasteiger partial charge in [0.15, 0.2) is 5.78 Å². The number of hydrogen-bond acceptors (Lipinski definition) is 3. The van der Waals surface area contributed by atoms with Crippen LogP contribution in [0.2, 0.25) is 10.0 Å². The van der Waals surface area contributed by atoms with Gasteiger partial charge < -0.3 is 0 Å².